The zero-order valence-corrected chi connectivity index (χ0v) is 17.3. The molecule has 0 bridgehead atoms. The summed E-state index contributed by atoms with van der Waals surface area (Å²) in [5, 5.41) is 28.4. The molecule has 0 aromatic heterocycles. The quantitative estimate of drug-likeness (QED) is 0.456. The van der Waals surface area contributed by atoms with Gasteiger partial charge in [-0.05, 0) is 62.1 Å². The summed E-state index contributed by atoms with van der Waals surface area (Å²) in [5.41, 5.74) is 3.00. The van der Waals surface area contributed by atoms with Crippen LogP contribution in [-0.2, 0) is 11.2 Å². The van der Waals surface area contributed by atoms with Gasteiger partial charge in [-0.25, -0.2) is 4.39 Å². The van der Waals surface area contributed by atoms with Gasteiger partial charge < -0.3 is 24.8 Å². The predicted molar refractivity (Wildman–Crippen MR) is 111 cm³/mol. The molecule has 0 saturated heterocycles. The minimum absolute atomic E-state index is 0.0420. The maximum Gasteiger partial charge on any atom is 0.305 e. The molecule has 0 amide bonds. The Morgan fingerprint density at radius 1 is 1.07 bits per heavy atom. The number of aryl methyl sites for hydroxylation is 3. The largest absolute Gasteiger partial charge is 0.494 e. The van der Waals surface area contributed by atoms with Crippen molar-refractivity contribution in [3.05, 3.63) is 58.9 Å². The summed E-state index contributed by atoms with van der Waals surface area (Å²) in [6, 6.07) is 9.88. The number of halogens is 1. The van der Waals surface area contributed by atoms with E-state index in [9.17, 15) is 19.4 Å². The van der Waals surface area contributed by atoms with Crippen molar-refractivity contribution >= 4 is 5.97 Å². The smallest absolute Gasteiger partial charge is 0.305 e. The monoisotopic (exact) mass is 420 g/mol. The molecule has 2 aromatic rings. The van der Waals surface area contributed by atoms with Crippen molar-refractivity contribution in [3.63, 3.8) is 0 Å². The molecule has 164 valence electrons. The minimum atomic E-state index is -1.12. The van der Waals surface area contributed by atoms with E-state index in [1.54, 1.807) is 12.1 Å². The van der Waals surface area contributed by atoms with Gasteiger partial charge in [0, 0.05) is 6.42 Å². The molecular weight excluding hydrogens is 391 g/mol. The van der Waals surface area contributed by atoms with Crippen LogP contribution in [0.25, 0.3) is 0 Å². The number of aliphatic hydroxyl groups excluding tert-OH is 2. The van der Waals surface area contributed by atoms with Crippen LogP contribution in [0.4, 0.5) is 4.39 Å². The molecule has 30 heavy (non-hydrogen) atoms. The molecule has 0 spiro atoms. The van der Waals surface area contributed by atoms with E-state index < -0.39 is 24.6 Å². The van der Waals surface area contributed by atoms with Crippen LogP contribution in [0, 0.1) is 19.7 Å². The molecule has 0 aliphatic rings. The lowest BCUT2D eigenvalue weighted by Gasteiger charge is -2.19. The molecule has 2 rings (SSSR count). The summed E-state index contributed by atoms with van der Waals surface area (Å²) in [6.07, 6.45) is -1.18. The van der Waals surface area contributed by atoms with Gasteiger partial charge in [-0.2, -0.15) is 0 Å². The maximum atomic E-state index is 12.9. The second-order valence-electron chi connectivity index (χ2n) is 7.43. The van der Waals surface area contributed by atoms with Gasteiger partial charge in [0.15, 0.2) is 0 Å². The highest BCUT2D eigenvalue weighted by Gasteiger charge is 2.17. The van der Waals surface area contributed by atoms with Gasteiger partial charge in [0.1, 0.15) is 23.9 Å². The lowest BCUT2D eigenvalue weighted by molar-refractivity contribution is -0.139. The fourth-order valence-electron chi connectivity index (χ4n) is 3.26. The first-order valence-corrected chi connectivity index (χ1v) is 9.93. The molecule has 0 fully saturated rings. The number of aliphatic carboxylic acids is 1. The molecule has 2 aromatic carbocycles. The molecule has 0 saturated carbocycles. The van der Waals surface area contributed by atoms with Crippen LogP contribution in [0.2, 0.25) is 0 Å². The zero-order valence-electron chi connectivity index (χ0n) is 17.3. The lowest BCUT2D eigenvalue weighted by Crippen LogP contribution is -2.25. The lowest BCUT2D eigenvalue weighted by atomic mass is 10.0. The Morgan fingerprint density at radius 3 is 2.43 bits per heavy atom. The topological polar surface area (TPSA) is 96.2 Å². The van der Waals surface area contributed by atoms with E-state index in [2.05, 4.69) is 0 Å². The number of aliphatic hydroxyl groups is 2. The molecule has 3 N–H and O–H groups in total. The Bertz CT molecular complexity index is 821. The minimum Gasteiger partial charge on any atom is -0.494 e. The number of carboxylic acids is 1. The Balaban J connectivity index is 1.90. The summed E-state index contributed by atoms with van der Waals surface area (Å²) >= 11 is 0. The van der Waals surface area contributed by atoms with Crippen molar-refractivity contribution in [2.75, 3.05) is 13.2 Å². The number of carbonyl (C=O) groups is 1. The van der Waals surface area contributed by atoms with Crippen LogP contribution in [-0.4, -0.2) is 46.7 Å². The van der Waals surface area contributed by atoms with E-state index in [-0.39, 0.29) is 18.8 Å². The van der Waals surface area contributed by atoms with E-state index in [1.807, 2.05) is 26.0 Å². The first-order chi connectivity index (χ1) is 14.2. The number of ether oxygens (including phenoxy) is 2. The SMILES string of the molecule is Cc1cc(C)c(OC[C@@H](O)C[C@@H](O)CC(=O)O)c(CCCOc2ccc(F)cc2)c1. The Morgan fingerprint density at radius 2 is 1.77 bits per heavy atom. The second kappa shape index (κ2) is 11.5. The van der Waals surface area contributed by atoms with Crippen molar-refractivity contribution in [1.29, 1.82) is 0 Å². The molecule has 0 aliphatic carbocycles. The van der Waals surface area contributed by atoms with Crippen LogP contribution in [0.1, 0.15) is 36.0 Å². The Labute approximate surface area is 175 Å². The van der Waals surface area contributed by atoms with Crippen LogP contribution in [0.15, 0.2) is 36.4 Å². The van der Waals surface area contributed by atoms with Gasteiger partial charge in [0.25, 0.3) is 0 Å². The second-order valence-corrected chi connectivity index (χ2v) is 7.43. The third kappa shape index (κ3) is 8.00. The third-order valence-corrected chi connectivity index (χ3v) is 4.54. The highest BCUT2D eigenvalue weighted by atomic mass is 19.1. The molecule has 0 unspecified atom stereocenters. The third-order valence-electron chi connectivity index (χ3n) is 4.54. The van der Waals surface area contributed by atoms with Crippen molar-refractivity contribution in [2.45, 2.75) is 51.7 Å². The zero-order chi connectivity index (χ0) is 22.1. The van der Waals surface area contributed by atoms with Crippen LogP contribution in [0.3, 0.4) is 0 Å². The summed E-state index contributed by atoms with van der Waals surface area (Å²) < 4.78 is 24.4. The number of hydrogen-bond donors (Lipinski definition) is 3. The summed E-state index contributed by atoms with van der Waals surface area (Å²) in [7, 11) is 0. The van der Waals surface area contributed by atoms with Crippen LogP contribution >= 0.6 is 0 Å². The molecule has 7 heteroatoms. The molecule has 2 atom stereocenters. The Kier molecular flexibility index (Phi) is 9.08. The fraction of sp³-hybridized carbons (Fsp3) is 0.435. The van der Waals surface area contributed by atoms with Crippen molar-refractivity contribution in [3.8, 4) is 11.5 Å². The van der Waals surface area contributed by atoms with Gasteiger partial charge in [0.2, 0.25) is 0 Å². The highest BCUT2D eigenvalue weighted by Crippen LogP contribution is 2.27. The first-order valence-electron chi connectivity index (χ1n) is 9.93. The van der Waals surface area contributed by atoms with E-state index in [0.717, 1.165) is 23.1 Å². The number of benzene rings is 2. The fourth-order valence-corrected chi connectivity index (χ4v) is 3.26. The van der Waals surface area contributed by atoms with Gasteiger partial charge in [-0.3, -0.25) is 4.79 Å². The number of carboxylic acid groups (broad SMARTS) is 1. The molecular formula is C23H29FO6. The summed E-state index contributed by atoms with van der Waals surface area (Å²) in [5.74, 6) is -0.141. The Hall–Kier alpha value is -2.64. The van der Waals surface area contributed by atoms with Gasteiger partial charge in [0.05, 0.1) is 25.2 Å². The average Bonchev–Trinajstić information content (AvgIpc) is 2.65. The molecule has 0 heterocycles. The normalized spacial score (nSPS) is 13.0. The standard InChI is InChI=1S/C23H29FO6/c1-15-10-16(2)23(30-14-20(26)12-19(25)13-22(27)28)17(11-15)4-3-9-29-21-7-5-18(24)6-8-21/h5-8,10-11,19-20,25-26H,3-4,9,12-14H2,1-2H3,(H,27,28)/t19-,20+/m1/s1. The van der Waals surface area contributed by atoms with E-state index in [0.29, 0.717) is 24.5 Å². The predicted octanol–water partition coefficient (Wildman–Crippen LogP) is 3.42. The summed E-state index contributed by atoms with van der Waals surface area (Å²) in [6.45, 7) is 4.33. The number of rotatable bonds is 12. The van der Waals surface area contributed by atoms with E-state index in [4.69, 9.17) is 14.6 Å². The molecule has 0 aliphatic heterocycles. The van der Waals surface area contributed by atoms with Crippen LogP contribution < -0.4 is 9.47 Å². The summed E-state index contributed by atoms with van der Waals surface area (Å²) in [4.78, 5) is 10.6. The van der Waals surface area contributed by atoms with Crippen molar-refractivity contribution in [1.82, 2.24) is 0 Å². The van der Waals surface area contributed by atoms with E-state index in [1.165, 1.54) is 12.1 Å². The van der Waals surface area contributed by atoms with Crippen molar-refractivity contribution in [2.24, 2.45) is 0 Å². The maximum absolute atomic E-state index is 12.9. The van der Waals surface area contributed by atoms with Crippen molar-refractivity contribution < 1.29 is 34.0 Å². The number of hydrogen-bond acceptors (Lipinski definition) is 5. The van der Waals surface area contributed by atoms with E-state index >= 15 is 0 Å². The van der Waals surface area contributed by atoms with Crippen LogP contribution in [0.5, 0.6) is 11.5 Å². The molecule has 6 nitrogen and oxygen atoms in total. The van der Waals surface area contributed by atoms with Gasteiger partial charge >= 0.3 is 5.97 Å². The average molecular weight is 420 g/mol. The molecule has 0 radical (unpaired) electrons. The first kappa shape index (κ1) is 23.6. The van der Waals surface area contributed by atoms with Gasteiger partial charge in [-0.1, -0.05) is 17.7 Å². The van der Waals surface area contributed by atoms with Gasteiger partial charge in [-0.15, -0.1) is 0 Å². The highest BCUT2D eigenvalue weighted by molar-refractivity contribution is 5.67.